The van der Waals surface area contributed by atoms with E-state index in [4.69, 9.17) is 4.74 Å². The van der Waals surface area contributed by atoms with Crippen molar-refractivity contribution in [3.05, 3.63) is 45.4 Å². The minimum atomic E-state index is 0. The van der Waals surface area contributed by atoms with Crippen LogP contribution in [-0.4, -0.2) is 31.1 Å². The molecule has 0 spiro atoms. The third-order valence-corrected chi connectivity index (χ3v) is 4.43. The van der Waals surface area contributed by atoms with Crippen LogP contribution in [0.4, 0.5) is 0 Å². The first kappa shape index (κ1) is 20.7. The third-order valence-electron chi connectivity index (χ3n) is 3.36. The number of guanidine groups is 1. The van der Waals surface area contributed by atoms with Gasteiger partial charge in [-0.05, 0) is 38.5 Å². The molecular formula is C17H25IN4OS. The summed E-state index contributed by atoms with van der Waals surface area (Å²) in [7, 11) is 1.76. The van der Waals surface area contributed by atoms with Gasteiger partial charge in [-0.25, -0.2) is 4.98 Å². The van der Waals surface area contributed by atoms with Crippen LogP contribution >= 0.6 is 35.3 Å². The van der Waals surface area contributed by atoms with E-state index in [1.54, 1.807) is 18.4 Å². The molecule has 7 heteroatoms. The smallest absolute Gasteiger partial charge is 0.191 e. The SMILES string of the molecule is CN=C(NCCOc1cccc(C)c1)NCc1nc(C)c(C)s1.I. The number of nitrogens with one attached hydrogen (secondary N) is 2. The second-order valence-corrected chi connectivity index (χ2v) is 6.55. The number of thiazole rings is 1. The fourth-order valence-electron chi connectivity index (χ4n) is 2.04. The van der Waals surface area contributed by atoms with Crippen molar-refractivity contribution in [1.29, 1.82) is 0 Å². The van der Waals surface area contributed by atoms with Crippen LogP contribution < -0.4 is 15.4 Å². The van der Waals surface area contributed by atoms with E-state index in [2.05, 4.69) is 40.5 Å². The monoisotopic (exact) mass is 460 g/mol. The first-order valence-electron chi connectivity index (χ1n) is 7.65. The van der Waals surface area contributed by atoms with Gasteiger partial charge in [0, 0.05) is 11.9 Å². The molecule has 0 bridgehead atoms. The fourth-order valence-corrected chi connectivity index (χ4v) is 2.91. The van der Waals surface area contributed by atoms with E-state index in [0.29, 0.717) is 19.7 Å². The first-order chi connectivity index (χ1) is 11.1. The molecule has 0 aliphatic rings. The summed E-state index contributed by atoms with van der Waals surface area (Å²) in [6.45, 7) is 8.12. The Hall–Kier alpha value is -1.35. The molecule has 0 aliphatic carbocycles. The van der Waals surface area contributed by atoms with Crippen molar-refractivity contribution in [2.24, 2.45) is 4.99 Å². The molecule has 2 N–H and O–H groups in total. The molecule has 0 atom stereocenters. The number of aryl methyl sites for hydroxylation is 3. The number of aliphatic imine (C=N–C) groups is 1. The summed E-state index contributed by atoms with van der Waals surface area (Å²) in [5.74, 6) is 1.65. The summed E-state index contributed by atoms with van der Waals surface area (Å²) < 4.78 is 5.71. The van der Waals surface area contributed by atoms with Gasteiger partial charge in [-0.15, -0.1) is 35.3 Å². The molecule has 1 aromatic carbocycles. The topological polar surface area (TPSA) is 58.5 Å². The molecular weight excluding hydrogens is 435 g/mol. The minimum Gasteiger partial charge on any atom is -0.492 e. The summed E-state index contributed by atoms with van der Waals surface area (Å²) in [6, 6.07) is 8.04. The predicted octanol–water partition coefficient (Wildman–Crippen LogP) is 3.43. The molecule has 2 aromatic rings. The maximum atomic E-state index is 5.71. The lowest BCUT2D eigenvalue weighted by Gasteiger charge is -2.12. The summed E-state index contributed by atoms with van der Waals surface area (Å²) in [5.41, 5.74) is 2.29. The molecule has 1 aromatic heterocycles. The second kappa shape index (κ2) is 10.5. The predicted molar refractivity (Wildman–Crippen MR) is 112 cm³/mol. The molecule has 2 rings (SSSR count). The van der Waals surface area contributed by atoms with Crippen molar-refractivity contribution in [2.75, 3.05) is 20.2 Å². The number of ether oxygens (including phenoxy) is 1. The number of rotatable bonds is 6. The Balaban J connectivity index is 0.00000288. The normalized spacial score (nSPS) is 10.9. The highest BCUT2D eigenvalue weighted by atomic mass is 127. The van der Waals surface area contributed by atoms with Gasteiger partial charge in [0.15, 0.2) is 5.96 Å². The van der Waals surface area contributed by atoms with Crippen LogP contribution in [0.25, 0.3) is 0 Å². The summed E-state index contributed by atoms with van der Waals surface area (Å²) in [4.78, 5) is 9.98. The lowest BCUT2D eigenvalue weighted by molar-refractivity contribution is 0.321. The average molecular weight is 460 g/mol. The lowest BCUT2D eigenvalue weighted by atomic mass is 10.2. The van der Waals surface area contributed by atoms with Gasteiger partial charge in [0.05, 0.1) is 18.8 Å². The van der Waals surface area contributed by atoms with Crippen LogP contribution in [0.15, 0.2) is 29.3 Å². The molecule has 0 saturated carbocycles. The Bertz CT molecular complexity index is 653. The average Bonchev–Trinajstić information content (AvgIpc) is 2.85. The van der Waals surface area contributed by atoms with Gasteiger partial charge in [0.1, 0.15) is 17.4 Å². The molecule has 132 valence electrons. The van der Waals surface area contributed by atoms with Crippen LogP contribution in [-0.2, 0) is 6.54 Å². The molecule has 0 aliphatic heterocycles. The van der Waals surface area contributed by atoms with Crippen molar-refractivity contribution >= 4 is 41.3 Å². The number of hydrogen-bond acceptors (Lipinski definition) is 4. The molecule has 0 unspecified atom stereocenters. The molecule has 24 heavy (non-hydrogen) atoms. The third kappa shape index (κ3) is 6.64. The standard InChI is InChI=1S/C17H24N4OS.HI/c1-12-6-5-7-15(10-12)22-9-8-19-17(18-4)20-11-16-21-13(2)14(3)23-16;/h5-7,10H,8-9,11H2,1-4H3,(H2,18,19,20);1H. The zero-order valence-corrected chi connectivity index (χ0v) is 17.7. The molecule has 0 fully saturated rings. The van der Waals surface area contributed by atoms with E-state index in [1.807, 2.05) is 25.1 Å². The second-order valence-electron chi connectivity index (χ2n) is 5.27. The lowest BCUT2D eigenvalue weighted by Crippen LogP contribution is -2.38. The van der Waals surface area contributed by atoms with Gasteiger partial charge in [0.2, 0.25) is 0 Å². The minimum absolute atomic E-state index is 0. The van der Waals surface area contributed by atoms with Gasteiger partial charge < -0.3 is 15.4 Å². The van der Waals surface area contributed by atoms with E-state index in [-0.39, 0.29) is 24.0 Å². The van der Waals surface area contributed by atoms with Crippen molar-refractivity contribution in [2.45, 2.75) is 27.3 Å². The van der Waals surface area contributed by atoms with Crippen LogP contribution in [0, 0.1) is 20.8 Å². The summed E-state index contributed by atoms with van der Waals surface area (Å²) in [6.07, 6.45) is 0. The number of nitrogens with zero attached hydrogens (tertiary/aromatic N) is 2. The Labute approximate surface area is 165 Å². The summed E-state index contributed by atoms with van der Waals surface area (Å²) in [5, 5.41) is 7.57. The highest BCUT2D eigenvalue weighted by Gasteiger charge is 2.04. The van der Waals surface area contributed by atoms with Gasteiger partial charge >= 0.3 is 0 Å². The zero-order chi connectivity index (χ0) is 16.7. The first-order valence-corrected chi connectivity index (χ1v) is 8.47. The maximum absolute atomic E-state index is 5.71. The fraction of sp³-hybridized carbons (Fsp3) is 0.412. The summed E-state index contributed by atoms with van der Waals surface area (Å²) >= 11 is 1.71. The van der Waals surface area contributed by atoms with Crippen LogP contribution in [0.2, 0.25) is 0 Å². The van der Waals surface area contributed by atoms with Crippen LogP contribution in [0.1, 0.15) is 21.1 Å². The largest absolute Gasteiger partial charge is 0.492 e. The molecule has 0 saturated heterocycles. The Morgan fingerprint density at radius 2 is 2.04 bits per heavy atom. The van der Waals surface area contributed by atoms with Gasteiger partial charge in [-0.1, -0.05) is 12.1 Å². The Morgan fingerprint density at radius 1 is 1.25 bits per heavy atom. The highest BCUT2D eigenvalue weighted by Crippen LogP contribution is 2.15. The maximum Gasteiger partial charge on any atom is 0.191 e. The van der Waals surface area contributed by atoms with Crippen LogP contribution in [0.5, 0.6) is 5.75 Å². The van der Waals surface area contributed by atoms with E-state index < -0.39 is 0 Å². The Kier molecular flexibility index (Phi) is 9.05. The quantitative estimate of drug-likeness (QED) is 0.300. The van der Waals surface area contributed by atoms with E-state index in [1.165, 1.54) is 10.4 Å². The van der Waals surface area contributed by atoms with Crippen molar-refractivity contribution in [1.82, 2.24) is 15.6 Å². The van der Waals surface area contributed by atoms with Gasteiger partial charge in [-0.2, -0.15) is 0 Å². The van der Waals surface area contributed by atoms with Crippen LogP contribution in [0.3, 0.4) is 0 Å². The molecule has 5 nitrogen and oxygen atoms in total. The van der Waals surface area contributed by atoms with Gasteiger partial charge in [0.25, 0.3) is 0 Å². The van der Waals surface area contributed by atoms with E-state index in [9.17, 15) is 0 Å². The Morgan fingerprint density at radius 3 is 2.67 bits per heavy atom. The van der Waals surface area contributed by atoms with Crippen molar-refractivity contribution in [3.8, 4) is 5.75 Å². The van der Waals surface area contributed by atoms with Crippen molar-refractivity contribution < 1.29 is 4.74 Å². The zero-order valence-electron chi connectivity index (χ0n) is 14.5. The number of benzene rings is 1. The number of halogens is 1. The van der Waals surface area contributed by atoms with E-state index in [0.717, 1.165) is 22.4 Å². The molecule has 0 amide bonds. The highest BCUT2D eigenvalue weighted by molar-refractivity contribution is 14.0. The van der Waals surface area contributed by atoms with Gasteiger partial charge in [-0.3, -0.25) is 4.99 Å². The molecule has 0 radical (unpaired) electrons. The number of hydrogen-bond donors (Lipinski definition) is 2. The molecule has 1 heterocycles. The van der Waals surface area contributed by atoms with Crippen molar-refractivity contribution in [3.63, 3.8) is 0 Å². The van der Waals surface area contributed by atoms with E-state index >= 15 is 0 Å². The number of aromatic nitrogens is 1.